The molecule has 1 saturated heterocycles. The minimum absolute atomic E-state index is 0.000730. The Balaban J connectivity index is 1.71. The average molecular weight is 538 g/mol. The van der Waals surface area contributed by atoms with E-state index in [-0.39, 0.29) is 22.0 Å². The molecule has 38 heavy (non-hydrogen) atoms. The van der Waals surface area contributed by atoms with Crippen LogP contribution in [0.3, 0.4) is 0 Å². The van der Waals surface area contributed by atoms with Crippen molar-refractivity contribution < 1.29 is 22.3 Å². The first-order chi connectivity index (χ1) is 18.1. The minimum Gasteiger partial charge on any atom is -0.495 e. The number of hydrogen-bond donors (Lipinski definition) is 1. The number of aromatic nitrogens is 3. The predicted octanol–water partition coefficient (Wildman–Crippen LogP) is 4.51. The first-order valence-electron chi connectivity index (χ1n) is 12.2. The normalized spacial score (nSPS) is 14.2. The fourth-order valence-corrected chi connectivity index (χ4v) is 6.46. The molecule has 9 nitrogen and oxygen atoms in total. The molecule has 198 valence electrons. The molecule has 0 aliphatic carbocycles. The van der Waals surface area contributed by atoms with Gasteiger partial charge in [-0.3, -0.25) is 4.79 Å². The lowest BCUT2D eigenvalue weighted by atomic mass is 10.0. The van der Waals surface area contributed by atoms with Crippen LogP contribution in [0.25, 0.3) is 16.8 Å². The number of aryl methyl sites for hydroxylation is 3. The number of benzene rings is 2. The van der Waals surface area contributed by atoms with Gasteiger partial charge in [0, 0.05) is 24.5 Å². The molecule has 1 amide bonds. The number of hydrogen-bond acceptors (Lipinski definition) is 6. The van der Waals surface area contributed by atoms with E-state index in [0.717, 1.165) is 24.1 Å². The van der Waals surface area contributed by atoms with Gasteiger partial charge < -0.3 is 10.1 Å². The number of amides is 1. The lowest BCUT2D eigenvalue weighted by Crippen LogP contribution is -2.28. The molecule has 5 rings (SSSR count). The van der Waals surface area contributed by atoms with Gasteiger partial charge in [-0.1, -0.05) is 12.1 Å². The lowest BCUT2D eigenvalue weighted by Gasteiger charge is -2.18. The smallest absolute Gasteiger partial charge is 0.276 e. The topological polar surface area (TPSA) is 106 Å². The van der Waals surface area contributed by atoms with Crippen molar-refractivity contribution in [3.63, 3.8) is 0 Å². The van der Waals surface area contributed by atoms with Gasteiger partial charge in [-0.05, 0) is 75.1 Å². The molecule has 11 heteroatoms. The van der Waals surface area contributed by atoms with Crippen LogP contribution in [-0.4, -0.2) is 53.4 Å². The Bertz CT molecular complexity index is 1680. The standard InChI is InChI=1S/C27H28FN5O4S/c1-16-7-9-20(28)21(13-16)30-27(34)25-24(26-29-17(2)14-18(3)33(26)31-25)19-8-10-22(37-4)23(15-19)38(35,36)32-11-5-6-12-32/h7-10,13-15H,5-6,11-12H2,1-4H3,(H,30,34). The highest BCUT2D eigenvalue weighted by atomic mass is 32.2. The van der Waals surface area contributed by atoms with Crippen molar-refractivity contribution in [2.24, 2.45) is 0 Å². The fourth-order valence-electron chi connectivity index (χ4n) is 4.76. The Labute approximate surface area is 220 Å². The third-order valence-corrected chi connectivity index (χ3v) is 8.54. The summed E-state index contributed by atoms with van der Waals surface area (Å²) < 4.78 is 49.9. The van der Waals surface area contributed by atoms with E-state index in [0.29, 0.717) is 35.6 Å². The Kier molecular flexibility index (Phi) is 6.66. The van der Waals surface area contributed by atoms with Gasteiger partial charge in [0.15, 0.2) is 11.3 Å². The van der Waals surface area contributed by atoms with E-state index in [1.807, 2.05) is 19.9 Å². The monoisotopic (exact) mass is 537 g/mol. The molecule has 0 radical (unpaired) electrons. The van der Waals surface area contributed by atoms with Crippen molar-refractivity contribution in [2.45, 2.75) is 38.5 Å². The highest BCUT2D eigenvalue weighted by Gasteiger charge is 2.32. The van der Waals surface area contributed by atoms with Crippen molar-refractivity contribution in [2.75, 3.05) is 25.5 Å². The number of ether oxygens (including phenoxy) is 1. The van der Waals surface area contributed by atoms with Crippen LogP contribution in [0.5, 0.6) is 5.75 Å². The van der Waals surface area contributed by atoms with E-state index in [4.69, 9.17) is 4.74 Å². The van der Waals surface area contributed by atoms with Crippen LogP contribution in [0.1, 0.15) is 40.3 Å². The number of halogens is 1. The van der Waals surface area contributed by atoms with Crippen LogP contribution in [0, 0.1) is 26.6 Å². The van der Waals surface area contributed by atoms with Crippen LogP contribution < -0.4 is 10.1 Å². The zero-order valence-electron chi connectivity index (χ0n) is 21.6. The Morgan fingerprint density at radius 3 is 2.50 bits per heavy atom. The summed E-state index contributed by atoms with van der Waals surface area (Å²) in [4.78, 5) is 18.1. The van der Waals surface area contributed by atoms with E-state index in [1.165, 1.54) is 34.1 Å². The first-order valence-corrected chi connectivity index (χ1v) is 13.7. The Morgan fingerprint density at radius 1 is 1.05 bits per heavy atom. The minimum atomic E-state index is -3.85. The molecule has 2 aromatic heterocycles. The number of carbonyl (C=O) groups excluding carboxylic acids is 1. The summed E-state index contributed by atoms with van der Waals surface area (Å²) in [5, 5.41) is 7.13. The second-order valence-corrected chi connectivity index (χ2v) is 11.3. The molecule has 1 aliphatic heterocycles. The zero-order valence-corrected chi connectivity index (χ0v) is 22.4. The molecule has 1 N–H and O–H groups in total. The molecule has 0 unspecified atom stereocenters. The van der Waals surface area contributed by atoms with Gasteiger partial charge in [0.1, 0.15) is 16.5 Å². The summed E-state index contributed by atoms with van der Waals surface area (Å²) >= 11 is 0. The maximum absolute atomic E-state index is 14.5. The highest BCUT2D eigenvalue weighted by Crippen LogP contribution is 2.36. The number of anilines is 1. The summed E-state index contributed by atoms with van der Waals surface area (Å²) in [7, 11) is -2.43. The molecular formula is C27H28FN5O4S. The van der Waals surface area contributed by atoms with E-state index in [9.17, 15) is 17.6 Å². The summed E-state index contributed by atoms with van der Waals surface area (Å²) in [6, 6.07) is 11.0. The number of rotatable bonds is 6. The largest absolute Gasteiger partial charge is 0.495 e. The fraction of sp³-hybridized carbons (Fsp3) is 0.296. The molecular weight excluding hydrogens is 509 g/mol. The van der Waals surface area contributed by atoms with Gasteiger partial charge in [-0.2, -0.15) is 9.40 Å². The van der Waals surface area contributed by atoms with E-state index < -0.39 is 21.7 Å². The highest BCUT2D eigenvalue weighted by molar-refractivity contribution is 7.89. The van der Waals surface area contributed by atoms with E-state index in [2.05, 4.69) is 15.4 Å². The molecule has 0 spiro atoms. The van der Waals surface area contributed by atoms with Crippen molar-refractivity contribution in [3.8, 4) is 16.9 Å². The number of nitrogens with zero attached hydrogens (tertiary/aromatic N) is 4. The van der Waals surface area contributed by atoms with Gasteiger partial charge in [0.25, 0.3) is 5.91 Å². The van der Waals surface area contributed by atoms with Gasteiger partial charge in [0.05, 0.1) is 18.4 Å². The lowest BCUT2D eigenvalue weighted by molar-refractivity contribution is 0.102. The number of carbonyl (C=O) groups is 1. The molecule has 3 heterocycles. The number of fused-ring (bicyclic) bond motifs is 1. The van der Waals surface area contributed by atoms with Gasteiger partial charge >= 0.3 is 0 Å². The SMILES string of the molecule is COc1ccc(-c2c(C(=O)Nc3cc(C)ccc3F)nn3c(C)cc(C)nc23)cc1S(=O)(=O)N1CCCC1. The summed E-state index contributed by atoms with van der Waals surface area (Å²) in [5.74, 6) is -1.03. The number of methoxy groups -OCH3 is 1. The summed E-state index contributed by atoms with van der Waals surface area (Å²) in [6.07, 6.45) is 1.58. The van der Waals surface area contributed by atoms with Crippen molar-refractivity contribution in [1.29, 1.82) is 0 Å². The quantitative estimate of drug-likeness (QED) is 0.388. The molecule has 1 aliphatic rings. The van der Waals surface area contributed by atoms with Crippen molar-refractivity contribution in [3.05, 3.63) is 70.9 Å². The first kappa shape index (κ1) is 25.8. The third kappa shape index (κ3) is 4.52. The molecule has 2 aromatic carbocycles. The molecule has 4 aromatic rings. The second-order valence-electron chi connectivity index (χ2n) is 9.41. The van der Waals surface area contributed by atoms with Crippen LogP contribution in [0.15, 0.2) is 47.4 Å². The maximum Gasteiger partial charge on any atom is 0.276 e. The van der Waals surface area contributed by atoms with E-state index in [1.54, 1.807) is 25.1 Å². The number of nitrogens with one attached hydrogen (secondary N) is 1. The number of sulfonamides is 1. The Morgan fingerprint density at radius 2 is 1.79 bits per heavy atom. The van der Waals surface area contributed by atoms with Crippen molar-refractivity contribution >= 4 is 27.3 Å². The average Bonchev–Trinajstić information content (AvgIpc) is 3.55. The van der Waals surface area contributed by atoms with Gasteiger partial charge in [-0.25, -0.2) is 22.3 Å². The molecule has 1 fully saturated rings. The van der Waals surface area contributed by atoms with Crippen LogP contribution in [0.4, 0.5) is 10.1 Å². The molecule has 0 atom stereocenters. The maximum atomic E-state index is 14.5. The second kappa shape index (κ2) is 9.80. The van der Waals surface area contributed by atoms with Crippen LogP contribution in [0.2, 0.25) is 0 Å². The van der Waals surface area contributed by atoms with Gasteiger partial charge in [-0.15, -0.1) is 0 Å². The predicted molar refractivity (Wildman–Crippen MR) is 142 cm³/mol. The summed E-state index contributed by atoms with van der Waals surface area (Å²) in [5.41, 5.74) is 3.35. The zero-order chi connectivity index (χ0) is 27.2. The van der Waals surface area contributed by atoms with Crippen LogP contribution in [-0.2, 0) is 10.0 Å². The summed E-state index contributed by atoms with van der Waals surface area (Å²) in [6.45, 7) is 6.31. The van der Waals surface area contributed by atoms with Gasteiger partial charge in [0.2, 0.25) is 10.0 Å². The van der Waals surface area contributed by atoms with E-state index >= 15 is 0 Å². The molecule has 0 bridgehead atoms. The molecule has 0 saturated carbocycles. The third-order valence-electron chi connectivity index (χ3n) is 6.62. The van der Waals surface area contributed by atoms with Crippen LogP contribution >= 0.6 is 0 Å². The van der Waals surface area contributed by atoms with Crippen molar-refractivity contribution in [1.82, 2.24) is 18.9 Å². The Hall–Kier alpha value is -3.83.